The topological polar surface area (TPSA) is 52.0 Å². The first-order chi connectivity index (χ1) is 10.8. The van der Waals surface area contributed by atoms with Crippen LogP contribution in [-0.2, 0) is 12.4 Å². The maximum Gasteiger partial charge on any atom is 0.418 e. The molecule has 0 aromatic heterocycles. The first kappa shape index (κ1) is 19.5. The third kappa shape index (κ3) is 5.28. The molecule has 2 aromatic rings. The zero-order valence-corrected chi connectivity index (χ0v) is 11.6. The van der Waals surface area contributed by atoms with E-state index in [-0.39, 0.29) is 0 Å². The molecule has 0 unspecified atom stereocenters. The molecule has 2 aromatic carbocycles. The van der Waals surface area contributed by atoms with Crippen LogP contribution < -0.4 is 11.5 Å². The number of halogens is 8. The molecule has 0 aliphatic rings. The summed E-state index contributed by atoms with van der Waals surface area (Å²) in [7, 11) is 0. The molecule has 0 heterocycles. The Bertz CT molecular complexity index is 645. The van der Waals surface area contributed by atoms with Crippen molar-refractivity contribution in [3.63, 3.8) is 0 Å². The Morgan fingerprint density at radius 2 is 0.875 bits per heavy atom. The van der Waals surface area contributed by atoms with Gasteiger partial charge in [-0.2, -0.15) is 26.3 Å². The van der Waals surface area contributed by atoms with E-state index in [9.17, 15) is 35.1 Å². The van der Waals surface area contributed by atoms with Gasteiger partial charge in [-0.05, 0) is 36.4 Å². The molecule has 4 N–H and O–H groups in total. The third-order valence-electron chi connectivity index (χ3n) is 2.64. The van der Waals surface area contributed by atoms with E-state index in [1.807, 2.05) is 0 Å². The van der Waals surface area contributed by atoms with Gasteiger partial charge in [0.25, 0.3) is 0 Å². The van der Waals surface area contributed by atoms with Gasteiger partial charge in [0.1, 0.15) is 11.6 Å². The van der Waals surface area contributed by atoms with Crippen molar-refractivity contribution < 1.29 is 35.1 Å². The molecule has 0 amide bonds. The molecular formula is C14H10F8N2. The highest BCUT2D eigenvalue weighted by atomic mass is 19.4. The molecule has 0 saturated carbocycles. The quantitative estimate of drug-likeness (QED) is 0.522. The number of anilines is 2. The fourth-order valence-corrected chi connectivity index (χ4v) is 1.55. The maximum absolute atomic E-state index is 12.3. The summed E-state index contributed by atoms with van der Waals surface area (Å²) in [6, 6.07) is 4.27. The van der Waals surface area contributed by atoms with Crippen molar-refractivity contribution in [1.82, 2.24) is 0 Å². The molecule has 0 spiro atoms. The van der Waals surface area contributed by atoms with Crippen molar-refractivity contribution in [2.75, 3.05) is 11.5 Å². The van der Waals surface area contributed by atoms with E-state index >= 15 is 0 Å². The molecule has 2 nitrogen and oxygen atoms in total. The predicted octanol–water partition coefficient (Wildman–Crippen LogP) is 4.85. The van der Waals surface area contributed by atoms with E-state index in [2.05, 4.69) is 0 Å². The second-order valence-electron chi connectivity index (χ2n) is 4.46. The van der Waals surface area contributed by atoms with Crippen LogP contribution in [0.4, 0.5) is 46.5 Å². The average molecular weight is 358 g/mol. The predicted molar refractivity (Wildman–Crippen MR) is 71.6 cm³/mol. The first-order valence-corrected chi connectivity index (χ1v) is 6.07. The summed E-state index contributed by atoms with van der Waals surface area (Å²) in [4.78, 5) is 0. The summed E-state index contributed by atoms with van der Waals surface area (Å²) in [5, 5.41) is 0. The lowest BCUT2D eigenvalue weighted by molar-refractivity contribution is -0.137. The maximum atomic E-state index is 12.3. The number of nitrogens with two attached hydrogens (primary N) is 2. The number of nitrogen functional groups attached to an aromatic ring is 2. The van der Waals surface area contributed by atoms with Gasteiger partial charge in [-0.25, -0.2) is 8.78 Å². The van der Waals surface area contributed by atoms with Crippen LogP contribution in [0.3, 0.4) is 0 Å². The van der Waals surface area contributed by atoms with Crippen molar-refractivity contribution in [2.45, 2.75) is 12.4 Å². The van der Waals surface area contributed by atoms with Crippen molar-refractivity contribution in [1.29, 1.82) is 0 Å². The lowest BCUT2D eigenvalue weighted by Crippen LogP contribution is -2.09. The summed E-state index contributed by atoms with van der Waals surface area (Å²) in [6.07, 6.45) is -9.18. The molecular weight excluding hydrogens is 348 g/mol. The van der Waals surface area contributed by atoms with E-state index in [0.29, 0.717) is 12.1 Å². The molecule has 10 heteroatoms. The van der Waals surface area contributed by atoms with Crippen LogP contribution >= 0.6 is 0 Å². The van der Waals surface area contributed by atoms with E-state index in [1.54, 1.807) is 0 Å². The zero-order chi connectivity index (χ0) is 18.7. The Kier molecular flexibility index (Phi) is 5.64. The van der Waals surface area contributed by atoms with Gasteiger partial charge >= 0.3 is 12.4 Å². The Morgan fingerprint density at radius 3 is 1.08 bits per heavy atom. The summed E-state index contributed by atoms with van der Waals surface area (Å²) in [5.74, 6) is -1.90. The molecule has 132 valence electrons. The number of alkyl halides is 6. The smallest absolute Gasteiger partial charge is 0.398 e. The van der Waals surface area contributed by atoms with Crippen LogP contribution in [0.15, 0.2) is 36.4 Å². The van der Waals surface area contributed by atoms with Gasteiger partial charge in [-0.3, -0.25) is 0 Å². The Hall–Kier alpha value is -2.52. The number of benzene rings is 2. The van der Waals surface area contributed by atoms with Gasteiger partial charge < -0.3 is 11.5 Å². The van der Waals surface area contributed by atoms with Gasteiger partial charge in [0.15, 0.2) is 0 Å². The van der Waals surface area contributed by atoms with Gasteiger partial charge in [-0.15, -0.1) is 0 Å². The van der Waals surface area contributed by atoms with Crippen molar-refractivity contribution >= 4 is 11.4 Å². The standard InChI is InChI=1S/2C7H5F4N/c2*8-4-1-2-6(12)5(3-4)7(9,10)11/h2*1-3H,12H2. The number of rotatable bonds is 0. The molecule has 0 aliphatic carbocycles. The lowest BCUT2D eigenvalue weighted by atomic mass is 10.2. The molecule has 0 saturated heterocycles. The summed E-state index contributed by atoms with van der Waals surface area (Å²) in [5.41, 5.74) is 6.77. The third-order valence-corrected chi connectivity index (χ3v) is 2.64. The minimum atomic E-state index is -4.59. The molecule has 0 fully saturated rings. The minimum absolute atomic E-state index is 0.370. The largest absolute Gasteiger partial charge is 0.418 e. The van der Waals surface area contributed by atoms with Crippen LogP contribution in [0.1, 0.15) is 11.1 Å². The molecule has 0 atom stereocenters. The fourth-order valence-electron chi connectivity index (χ4n) is 1.55. The second kappa shape index (κ2) is 6.93. The van der Waals surface area contributed by atoms with Crippen LogP contribution in [-0.4, -0.2) is 0 Å². The number of hydrogen-bond donors (Lipinski definition) is 2. The molecule has 0 aliphatic heterocycles. The minimum Gasteiger partial charge on any atom is -0.398 e. The van der Waals surface area contributed by atoms with Crippen LogP contribution in [0.5, 0.6) is 0 Å². The Labute approximate surface area is 130 Å². The highest BCUT2D eigenvalue weighted by molar-refractivity contribution is 5.49. The van der Waals surface area contributed by atoms with Crippen LogP contribution in [0.2, 0.25) is 0 Å². The van der Waals surface area contributed by atoms with Gasteiger partial charge in [0.05, 0.1) is 11.1 Å². The van der Waals surface area contributed by atoms with Crippen molar-refractivity contribution in [3.05, 3.63) is 59.2 Å². The average Bonchev–Trinajstić information content (AvgIpc) is 2.42. The monoisotopic (exact) mass is 358 g/mol. The van der Waals surface area contributed by atoms with E-state index in [1.165, 1.54) is 0 Å². The molecule has 0 bridgehead atoms. The molecule has 0 radical (unpaired) electrons. The Morgan fingerprint density at radius 1 is 0.583 bits per heavy atom. The summed E-state index contributed by atoms with van der Waals surface area (Å²) >= 11 is 0. The van der Waals surface area contributed by atoms with Crippen molar-refractivity contribution in [2.24, 2.45) is 0 Å². The fraction of sp³-hybridized carbons (Fsp3) is 0.143. The normalized spacial score (nSPS) is 11.7. The highest BCUT2D eigenvalue weighted by Gasteiger charge is 2.33. The number of hydrogen-bond acceptors (Lipinski definition) is 2. The van der Waals surface area contributed by atoms with E-state index in [0.717, 1.165) is 24.3 Å². The summed E-state index contributed by atoms with van der Waals surface area (Å²) in [6.45, 7) is 0. The SMILES string of the molecule is Nc1ccc(F)cc1C(F)(F)F.Nc1ccc(F)cc1C(F)(F)F. The molecule has 24 heavy (non-hydrogen) atoms. The zero-order valence-electron chi connectivity index (χ0n) is 11.6. The summed E-state index contributed by atoms with van der Waals surface area (Å²) < 4.78 is 96.5. The van der Waals surface area contributed by atoms with Crippen molar-refractivity contribution in [3.8, 4) is 0 Å². The van der Waals surface area contributed by atoms with Crippen LogP contribution in [0.25, 0.3) is 0 Å². The Balaban J connectivity index is 0.000000240. The van der Waals surface area contributed by atoms with Gasteiger partial charge in [0, 0.05) is 11.4 Å². The second-order valence-corrected chi connectivity index (χ2v) is 4.46. The van der Waals surface area contributed by atoms with E-state index < -0.39 is 46.5 Å². The van der Waals surface area contributed by atoms with Gasteiger partial charge in [0.2, 0.25) is 0 Å². The lowest BCUT2D eigenvalue weighted by Gasteiger charge is -2.08. The van der Waals surface area contributed by atoms with E-state index in [4.69, 9.17) is 11.5 Å². The molecule has 2 rings (SSSR count). The highest BCUT2D eigenvalue weighted by Crippen LogP contribution is 2.34. The van der Waals surface area contributed by atoms with Crippen LogP contribution in [0, 0.1) is 11.6 Å². The van der Waals surface area contributed by atoms with Gasteiger partial charge in [-0.1, -0.05) is 0 Å². The first-order valence-electron chi connectivity index (χ1n) is 6.07.